The van der Waals surface area contributed by atoms with Crippen molar-refractivity contribution in [2.45, 2.75) is 6.92 Å². The number of imidazole rings is 1. The summed E-state index contributed by atoms with van der Waals surface area (Å²) in [6.45, 7) is 1.64. The van der Waals surface area contributed by atoms with Gasteiger partial charge in [0.05, 0.1) is 23.1 Å². The molecule has 2 heterocycles. The Hall–Kier alpha value is -2.96. The average molecular weight is 285 g/mol. The van der Waals surface area contributed by atoms with Gasteiger partial charge in [0.1, 0.15) is 0 Å². The van der Waals surface area contributed by atoms with Crippen molar-refractivity contribution in [2.75, 3.05) is 0 Å². The Labute approximate surface area is 119 Å². The van der Waals surface area contributed by atoms with Gasteiger partial charge in [-0.2, -0.15) is 0 Å². The summed E-state index contributed by atoms with van der Waals surface area (Å²) < 4.78 is 1.47. The number of carbonyl (C=O) groups is 3. The Morgan fingerprint density at radius 3 is 2.19 bits per heavy atom. The predicted molar refractivity (Wildman–Crippen MR) is 70.3 cm³/mol. The van der Waals surface area contributed by atoms with Gasteiger partial charge in [0.2, 0.25) is 0 Å². The molecule has 21 heavy (non-hydrogen) atoms. The van der Waals surface area contributed by atoms with Crippen molar-refractivity contribution in [1.29, 1.82) is 0 Å². The molecule has 1 aromatic carbocycles. The van der Waals surface area contributed by atoms with Crippen LogP contribution in [0.15, 0.2) is 30.6 Å². The molecule has 0 atom stereocenters. The predicted octanol–water partition coefficient (Wildman–Crippen LogP) is 1.10. The maximum absolute atomic E-state index is 12.1. The first-order valence-electron chi connectivity index (χ1n) is 6.18. The molecule has 0 saturated carbocycles. The fraction of sp³-hybridized carbons (Fsp3) is 0.143. The van der Waals surface area contributed by atoms with Crippen LogP contribution in [0.2, 0.25) is 0 Å². The number of amides is 2. The fourth-order valence-corrected chi connectivity index (χ4v) is 2.22. The first kappa shape index (κ1) is 13.0. The lowest BCUT2D eigenvalue weighted by molar-refractivity contribution is -0.0591. The largest absolute Gasteiger partial charge is 0.382 e. The van der Waals surface area contributed by atoms with Crippen molar-refractivity contribution < 1.29 is 19.2 Å². The fourth-order valence-electron chi connectivity index (χ4n) is 2.22. The van der Waals surface area contributed by atoms with E-state index in [1.807, 2.05) is 0 Å². The molecule has 1 aliphatic rings. The van der Waals surface area contributed by atoms with Gasteiger partial charge in [-0.1, -0.05) is 17.2 Å². The third kappa shape index (κ3) is 1.90. The number of carbonyl (C=O) groups excluding carboxylic acids is 3. The molecule has 0 aliphatic carbocycles. The van der Waals surface area contributed by atoms with Crippen LogP contribution in [-0.2, 0) is 11.9 Å². The summed E-state index contributed by atoms with van der Waals surface area (Å²) in [5.41, 5.74) is 1.08. The van der Waals surface area contributed by atoms with Crippen molar-refractivity contribution >= 4 is 17.8 Å². The second-order valence-electron chi connectivity index (χ2n) is 4.62. The number of imide groups is 1. The maximum Gasteiger partial charge on any atom is 0.382 e. The van der Waals surface area contributed by atoms with Crippen molar-refractivity contribution in [2.24, 2.45) is 7.05 Å². The molecule has 0 N–H and O–H groups in total. The number of aromatic nitrogens is 2. The van der Waals surface area contributed by atoms with Crippen molar-refractivity contribution in [3.05, 3.63) is 53.1 Å². The summed E-state index contributed by atoms with van der Waals surface area (Å²) in [4.78, 5) is 45.2. The number of aryl methyl sites for hydroxylation is 2. The van der Waals surface area contributed by atoms with Gasteiger partial charge in [0.25, 0.3) is 11.8 Å². The van der Waals surface area contributed by atoms with Crippen LogP contribution < -0.4 is 0 Å². The van der Waals surface area contributed by atoms with Crippen LogP contribution in [0.4, 0.5) is 0 Å². The molecule has 0 spiro atoms. The molecule has 1 aromatic heterocycles. The molecule has 0 fully saturated rings. The zero-order chi connectivity index (χ0) is 15.1. The van der Waals surface area contributed by atoms with E-state index in [0.717, 1.165) is 0 Å². The van der Waals surface area contributed by atoms with E-state index in [2.05, 4.69) is 4.98 Å². The molecule has 106 valence electrons. The Morgan fingerprint density at radius 1 is 1.14 bits per heavy atom. The molecule has 1 aliphatic heterocycles. The maximum atomic E-state index is 12.1. The minimum Gasteiger partial charge on any atom is -0.328 e. The number of hydrogen-bond donors (Lipinski definition) is 0. The van der Waals surface area contributed by atoms with E-state index < -0.39 is 17.8 Å². The molecule has 0 unspecified atom stereocenters. The van der Waals surface area contributed by atoms with Gasteiger partial charge in [0, 0.05) is 7.05 Å². The van der Waals surface area contributed by atoms with E-state index in [1.165, 1.54) is 23.0 Å². The average Bonchev–Trinajstić information content (AvgIpc) is 2.92. The number of hydroxylamine groups is 2. The highest BCUT2D eigenvalue weighted by Crippen LogP contribution is 2.23. The SMILES string of the molecule is Cc1ncn(C)c1C(=O)ON1C(=O)c2ccccc2C1=O. The molecule has 3 rings (SSSR count). The number of rotatable bonds is 2. The molecule has 7 heteroatoms. The molecular weight excluding hydrogens is 274 g/mol. The summed E-state index contributed by atoms with van der Waals surface area (Å²) in [6, 6.07) is 6.30. The van der Waals surface area contributed by atoms with Gasteiger partial charge in [0.15, 0.2) is 5.69 Å². The monoisotopic (exact) mass is 285 g/mol. The molecule has 0 radical (unpaired) electrons. The van der Waals surface area contributed by atoms with Gasteiger partial charge < -0.3 is 9.40 Å². The third-order valence-corrected chi connectivity index (χ3v) is 3.24. The molecule has 7 nitrogen and oxygen atoms in total. The van der Waals surface area contributed by atoms with Crippen LogP contribution in [0.1, 0.15) is 36.9 Å². The highest BCUT2D eigenvalue weighted by atomic mass is 16.7. The second-order valence-corrected chi connectivity index (χ2v) is 4.62. The standard InChI is InChI=1S/C14H11N3O4/c1-8-11(16(2)7-15-8)14(20)21-17-12(18)9-5-3-4-6-10(9)13(17)19/h3-7H,1-2H3. The zero-order valence-corrected chi connectivity index (χ0v) is 11.4. The summed E-state index contributed by atoms with van der Waals surface area (Å²) in [5.74, 6) is -2.10. The summed E-state index contributed by atoms with van der Waals surface area (Å²) in [6.07, 6.45) is 1.45. The number of hydrogen-bond acceptors (Lipinski definition) is 5. The Balaban J connectivity index is 1.89. The van der Waals surface area contributed by atoms with E-state index in [4.69, 9.17) is 4.84 Å². The first-order chi connectivity index (χ1) is 10.0. The van der Waals surface area contributed by atoms with Crippen LogP contribution >= 0.6 is 0 Å². The van der Waals surface area contributed by atoms with Gasteiger partial charge in [-0.05, 0) is 19.1 Å². The summed E-state index contributed by atoms with van der Waals surface area (Å²) in [5, 5.41) is 0.486. The van der Waals surface area contributed by atoms with Crippen molar-refractivity contribution in [3.63, 3.8) is 0 Å². The normalized spacial score (nSPS) is 13.5. The van der Waals surface area contributed by atoms with E-state index >= 15 is 0 Å². The minimum atomic E-state index is -0.804. The van der Waals surface area contributed by atoms with Crippen LogP contribution in [0.25, 0.3) is 0 Å². The summed E-state index contributed by atoms with van der Waals surface area (Å²) in [7, 11) is 1.62. The highest BCUT2D eigenvalue weighted by molar-refractivity contribution is 6.21. The Kier molecular flexibility index (Phi) is 2.83. The van der Waals surface area contributed by atoms with Gasteiger partial charge in [-0.3, -0.25) is 9.59 Å². The number of benzene rings is 1. The summed E-state index contributed by atoms with van der Waals surface area (Å²) >= 11 is 0. The van der Waals surface area contributed by atoms with E-state index in [-0.39, 0.29) is 16.8 Å². The minimum absolute atomic E-state index is 0.187. The molecule has 0 saturated heterocycles. The van der Waals surface area contributed by atoms with Crippen molar-refractivity contribution in [3.8, 4) is 0 Å². The molecule has 2 aromatic rings. The van der Waals surface area contributed by atoms with Crippen LogP contribution in [-0.4, -0.2) is 32.4 Å². The lowest BCUT2D eigenvalue weighted by Gasteiger charge is -2.13. The van der Waals surface area contributed by atoms with Crippen LogP contribution in [0.5, 0.6) is 0 Å². The number of nitrogens with zero attached hydrogens (tertiary/aromatic N) is 3. The van der Waals surface area contributed by atoms with Crippen LogP contribution in [0.3, 0.4) is 0 Å². The van der Waals surface area contributed by atoms with E-state index in [1.54, 1.807) is 26.1 Å². The Morgan fingerprint density at radius 2 is 1.71 bits per heavy atom. The van der Waals surface area contributed by atoms with Gasteiger partial charge in [-0.25, -0.2) is 9.78 Å². The quantitative estimate of drug-likeness (QED) is 0.772. The Bertz CT molecular complexity index is 724. The van der Waals surface area contributed by atoms with Crippen LogP contribution in [0, 0.1) is 6.92 Å². The molecule has 0 bridgehead atoms. The lowest BCUT2D eigenvalue weighted by atomic mass is 10.1. The topological polar surface area (TPSA) is 81.5 Å². The van der Waals surface area contributed by atoms with Gasteiger partial charge in [-0.15, -0.1) is 0 Å². The lowest BCUT2D eigenvalue weighted by Crippen LogP contribution is -2.33. The van der Waals surface area contributed by atoms with Gasteiger partial charge >= 0.3 is 5.97 Å². The third-order valence-electron chi connectivity index (χ3n) is 3.24. The first-order valence-corrected chi connectivity index (χ1v) is 6.18. The molecular formula is C14H11N3O4. The van der Waals surface area contributed by atoms with E-state index in [0.29, 0.717) is 10.8 Å². The van der Waals surface area contributed by atoms with Crippen molar-refractivity contribution in [1.82, 2.24) is 14.6 Å². The highest BCUT2D eigenvalue weighted by Gasteiger charge is 2.39. The second kappa shape index (κ2) is 4.55. The smallest absolute Gasteiger partial charge is 0.328 e. The zero-order valence-electron chi connectivity index (χ0n) is 11.4. The van der Waals surface area contributed by atoms with E-state index in [9.17, 15) is 14.4 Å². The molecule has 2 amide bonds. The number of fused-ring (bicyclic) bond motifs is 1.